The van der Waals surface area contributed by atoms with Gasteiger partial charge in [-0.1, -0.05) is 18.6 Å². The minimum absolute atomic E-state index is 0.0330. The zero-order chi connectivity index (χ0) is 15.1. The summed E-state index contributed by atoms with van der Waals surface area (Å²) < 4.78 is 5.36. The maximum absolute atomic E-state index is 10.6. The molecule has 4 nitrogen and oxygen atoms in total. The second kappa shape index (κ2) is 8.25. The third-order valence-corrected chi connectivity index (χ3v) is 3.49. The number of hydrogen-bond acceptors (Lipinski definition) is 4. The molecule has 0 radical (unpaired) electrons. The van der Waals surface area contributed by atoms with E-state index in [1.165, 1.54) is 0 Å². The molecular formula is C16H28N2O2. The first-order valence-corrected chi connectivity index (χ1v) is 7.20. The summed E-state index contributed by atoms with van der Waals surface area (Å²) in [5.41, 5.74) is 1.99. The number of nitrogens with one attached hydrogen (secondary N) is 1. The van der Waals surface area contributed by atoms with Crippen molar-refractivity contribution >= 4 is 0 Å². The van der Waals surface area contributed by atoms with Crippen molar-refractivity contribution in [3.8, 4) is 5.75 Å². The summed E-state index contributed by atoms with van der Waals surface area (Å²) in [4.78, 5) is 2.12. The zero-order valence-corrected chi connectivity index (χ0v) is 13.3. The number of likely N-dealkylation sites (N-methyl/N-ethyl adjacent to an activating group) is 1. The summed E-state index contributed by atoms with van der Waals surface area (Å²) in [6.45, 7) is 5.92. The molecule has 0 aliphatic carbocycles. The van der Waals surface area contributed by atoms with Gasteiger partial charge in [-0.2, -0.15) is 0 Å². The van der Waals surface area contributed by atoms with Crippen molar-refractivity contribution in [3.63, 3.8) is 0 Å². The monoisotopic (exact) mass is 280 g/mol. The van der Waals surface area contributed by atoms with Crippen LogP contribution in [-0.4, -0.2) is 50.3 Å². The number of hydrogen-bond donors (Lipinski definition) is 2. The molecule has 0 saturated heterocycles. The SMILES string of the molecule is CCC(NCCN(C)C)C(O)c1cc(C)ccc1OC. The summed E-state index contributed by atoms with van der Waals surface area (Å²) in [7, 11) is 5.73. The van der Waals surface area contributed by atoms with Gasteiger partial charge < -0.3 is 20.1 Å². The van der Waals surface area contributed by atoms with Crippen LogP contribution in [0.25, 0.3) is 0 Å². The van der Waals surface area contributed by atoms with Crippen LogP contribution < -0.4 is 10.1 Å². The number of nitrogens with zero attached hydrogens (tertiary/aromatic N) is 1. The van der Waals surface area contributed by atoms with E-state index in [0.29, 0.717) is 0 Å². The topological polar surface area (TPSA) is 44.7 Å². The molecule has 0 heterocycles. The van der Waals surface area contributed by atoms with E-state index in [0.717, 1.165) is 36.4 Å². The maximum Gasteiger partial charge on any atom is 0.124 e. The highest BCUT2D eigenvalue weighted by molar-refractivity contribution is 5.39. The van der Waals surface area contributed by atoms with Gasteiger partial charge in [-0.25, -0.2) is 0 Å². The van der Waals surface area contributed by atoms with Crippen LogP contribution in [0.2, 0.25) is 0 Å². The van der Waals surface area contributed by atoms with Crippen LogP contribution in [0.15, 0.2) is 18.2 Å². The molecule has 114 valence electrons. The minimum Gasteiger partial charge on any atom is -0.496 e. The summed E-state index contributed by atoms with van der Waals surface area (Å²) in [6.07, 6.45) is 0.308. The van der Waals surface area contributed by atoms with Crippen LogP contribution in [0.5, 0.6) is 5.75 Å². The molecule has 1 aromatic carbocycles. The molecule has 0 saturated carbocycles. The van der Waals surface area contributed by atoms with Crippen LogP contribution in [0, 0.1) is 6.92 Å². The molecule has 20 heavy (non-hydrogen) atoms. The van der Waals surface area contributed by atoms with Gasteiger partial charge >= 0.3 is 0 Å². The lowest BCUT2D eigenvalue weighted by Crippen LogP contribution is -2.38. The van der Waals surface area contributed by atoms with Gasteiger partial charge in [-0.05, 0) is 39.6 Å². The van der Waals surface area contributed by atoms with Gasteiger partial charge in [-0.15, -0.1) is 0 Å². The summed E-state index contributed by atoms with van der Waals surface area (Å²) in [5, 5.41) is 14.0. The van der Waals surface area contributed by atoms with Crippen LogP contribution in [0.3, 0.4) is 0 Å². The predicted molar refractivity (Wildman–Crippen MR) is 83.3 cm³/mol. The Balaban J connectivity index is 2.79. The highest BCUT2D eigenvalue weighted by atomic mass is 16.5. The van der Waals surface area contributed by atoms with Crippen LogP contribution in [-0.2, 0) is 0 Å². The second-order valence-electron chi connectivity index (χ2n) is 5.46. The van der Waals surface area contributed by atoms with E-state index >= 15 is 0 Å². The smallest absolute Gasteiger partial charge is 0.124 e. The van der Waals surface area contributed by atoms with Crippen molar-refractivity contribution in [2.45, 2.75) is 32.4 Å². The predicted octanol–water partition coefficient (Wildman–Crippen LogP) is 1.97. The van der Waals surface area contributed by atoms with Crippen molar-refractivity contribution in [2.75, 3.05) is 34.3 Å². The quantitative estimate of drug-likeness (QED) is 0.764. The molecule has 0 aliphatic heterocycles. The van der Waals surface area contributed by atoms with Gasteiger partial charge in [0.2, 0.25) is 0 Å². The molecule has 4 heteroatoms. The number of aliphatic hydroxyl groups is 1. The van der Waals surface area contributed by atoms with Crippen molar-refractivity contribution in [3.05, 3.63) is 29.3 Å². The zero-order valence-electron chi connectivity index (χ0n) is 13.3. The summed E-state index contributed by atoms with van der Waals surface area (Å²) in [5.74, 6) is 0.746. The Morgan fingerprint density at radius 3 is 2.60 bits per heavy atom. The van der Waals surface area contributed by atoms with Crippen molar-refractivity contribution in [2.24, 2.45) is 0 Å². The average Bonchev–Trinajstić information content (AvgIpc) is 2.42. The van der Waals surface area contributed by atoms with Gasteiger partial charge in [0.25, 0.3) is 0 Å². The molecule has 0 spiro atoms. The lowest BCUT2D eigenvalue weighted by molar-refractivity contribution is 0.121. The number of methoxy groups -OCH3 is 1. The standard InChI is InChI=1S/C16H28N2O2/c1-6-14(17-9-10-18(3)4)16(19)13-11-12(2)7-8-15(13)20-5/h7-8,11,14,16-17,19H,6,9-10H2,1-5H3. The average molecular weight is 280 g/mol. The Morgan fingerprint density at radius 1 is 1.35 bits per heavy atom. The molecule has 0 fully saturated rings. The van der Waals surface area contributed by atoms with E-state index in [4.69, 9.17) is 4.74 Å². The highest BCUT2D eigenvalue weighted by Gasteiger charge is 2.22. The number of aryl methyl sites for hydroxylation is 1. The number of benzene rings is 1. The lowest BCUT2D eigenvalue weighted by atomic mass is 9.97. The maximum atomic E-state index is 10.6. The largest absolute Gasteiger partial charge is 0.496 e. The van der Waals surface area contributed by atoms with E-state index in [-0.39, 0.29) is 6.04 Å². The molecular weight excluding hydrogens is 252 g/mol. The van der Waals surface area contributed by atoms with Crippen LogP contribution in [0.4, 0.5) is 0 Å². The Labute approximate surface area is 122 Å². The van der Waals surface area contributed by atoms with Gasteiger partial charge in [0.15, 0.2) is 0 Å². The van der Waals surface area contributed by atoms with Gasteiger partial charge in [0, 0.05) is 24.7 Å². The second-order valence-corrected chi connectivity index (χ2v) is 5.46. The molecule has 0 aromatic heterocycles. The van der Waals surface area contributed by atoms with Crippen molar-refractivity contribution in [1.82, 2.24) is 10.2 Å². The lowest BCUT2D eigenvalue weighted by Gasteiger charge is -2.25. The van der Waals surface area contributed by atoms with E-state index in [2.05, 4.69) is 17.1 Å². The Morgan fingerprint density at radius 2 is 2.05 bits per heavy atom. The first kappa shape index (κ1) is 17.0. The van der Waals surface area contributed by atoms with Gasteiger partial charge in [0.05, 0.1) is 13.2 Å². The van der Waals surface area contributed by atoms with Gasteiger partial charge in [-0.3, -0.25) is 0 Å². The van der Waals surface area contributed by atoms with Crippen molar-refractivity contribution < 1.29 is 9.84 Å². The first-order chi connectivity index (χ1) is 9.49. The van der Waals surface area contributed by atoms with E-state index in [1.807, 2.05) is 39.2 Å². The van der Waals surface area contributed by atoms with Crippen LogP contribution in [0.1, 0.15) is 30.6 Å². The van der Waals surface area contributed by atoms with Crippen LogP contribution >= 0.6 is 0 Å². The Hall–Kier alpha value is -1.10. The molecule has 0 amide bonds. The number of rotatable bonds is 8. The Bertz CT molecular complexity index is 407. The first-order valence-electron chi connectivity index (χ1n) is 7.20. The van der Waals surface area contributed by atoms with Crippen molar-refractivity contribution in [1.29, 1.82) is 0 Å². The fraction of sp³-hybridized carbons (Fsp3) is 0.625. The highest BCUT2D eigenvalue weighted by Crippen LogP contribution is 2.29. The normalized spacial score (nSPS) is 14.3. The molecule has 1 rings (SSSR count). The summed E-state index contributed by atoms with van der Waals surface area (Å²) >= 11 is 0. The molecule has 0 aliphatic rings. The Kier molecular flexibility index (Phi) is 6.99. The molecule has 2 atom stereocenters. The summed E-state index contributed by atoms with van der Waals surface area (Å²) in [6, 6.07) is 5.95. The van der Waals surface area contributed by atoms with E-state index in [9.17, 15) is 5.11 Å². The van der Waals surface area contributed by atoms with E-state index in [1.54, 1.807) is 7.11 Å². The number of ether oxygens (including phenoxy) is 1. The third kappa shape index (κ3) is 4.78. The fourth-order valence-corrected chi connectivity index (χ4v) is 2.25. The molecule has 1 aromatic rings. The molecule has 2 N–H and O–H groups in total. The van der Waals surface area contributed by atoms with Gasteiger partial charge in [0.1, 0.15) is 5.75 Å². The minimum atomic E-state index is -0.558. The third-order valence-electron chi connectivity index (χ3n) is 3.49. The molecule has 2 unspecified atom stereocenters. The number of aliphatic hydroxyl groups excluding tert-OH is 1. The molecule has 0 bridgehead atoms. The van der Waals surface area contributed by atoms with E-state index < -0.39 is 6.10 Å². The fourth-order valence-electron chi connectivity index (χ4n) is 2.25.